The summed E-state index contributed by atoms with van der Waals surface area (Å²) in [6, 6.07) is 0. The molecule has 2 aliphatic rings. The highest BCUT2D eigenvalue weighted by molar-refractivity contribution is 5.85. The van der Waals surface area contributed by atoms with Crippen molar-refractivity contribution in [2.24, 2.45) is 10.2 Å². The highest BCUT2D eigenvalue weighted by atomic mass is 16.7. The van der Waals surface area contributed by atoms with Gasteiger partial charge in [-0.3, -0.25) is 10.6 Å². The van der Waals surface area contributed by atoms with Crippen molar-refractivity contribution in [1.82, 2.24) is 20.4 Å². The third-order valence-electron chi connectivity index (χ3n) is 4.15. The lowest BCUT2D eigenvalue weighted by atomic mass is 10.1. The van der Waals surface area contributed by atoms with Gasteiger partial charge in [-0.1, -0.05) is 19.3 Å². The molecule has 140 valence electrons. The van der Waals surface area contributed by atoms with Crippen LogP contribution >= 0.6 is 0 Å². The maximum Gasteiger partial charge on any atom is 0.194 e. The zero-order valence-electron chi connectivity index (χ0n) is 14.1. The van der Waals surface area contributed by atoms with Gasteiger partial charge in [-0.15, -0.1) is 0 Å². The minimum absolute atomic E-state index is 0.443. The molecule has 12 nitrogen and oxygen atoms in total. The highest BCUT2D eigenvalue weighted by Crippen LogP contribution is 2.08. The molecule has 12 heteroatoms. The molecule has 0 aromatic heterocycles. The molecule has 0 aromatic carbocycles. The number of nitrogens with one attached hydrogen (secondary N) is 2. The quantitative estimate of drug-likeness (QED) is 0.312. The van der Waals surface area contributed by atoms with Gasteiger partial charge < -0.3 is 9.80 Å². The normalized spacial score (nSPS) is 20.8. The fraction of sp³-hybridized carbons (Fsp3) is 0.846. The van der Waals surface area contributed by atoms with Gasteiger partial charge in [0.05, 0.1) is 36.6 Å². The van der Waals surface area contributed by atoms with Gasteiger partial charge in [-0.25, -0.2) is 20.2 Å². The van der Waals surface area contributed by atoms with Crippen molar-refractivity contribution < 1.29 is 10.1 Å². The fourth-order valence-corrected chi connectivity index (χ4v) is 2.95. The minimum Gasteiger partial charge on any atom is -0.341 e. The summed E-state index contributed by atoms with van der Waals surface area (Å²) < 4.78 is 0. The molecule has 2 heterocycles. The van der Waals surface area contributed by atoms with Gasteiger partial charge in [-0.2, -0.15) is 0 Å². The monoisotopic (exact) mass is 356 g/mol. The van der Waals surface area contributed by atoms with Crippen LogP contribution in [0.5, 0.6) is 0 Å². The topological polar surface area (TPSA) is 142 Å². The van der Waals surface area contributed by atoms with Crippen molar-refractivity contribution in [2.75, 3.05) is 39.5 Å². The molecule has 0 aromatic rings. The zero-order valence-corrected chi connectivity index (χ0v) is 14.1. The maximum atomic E-state index is 10.4. The predicted octanol–water partition coefficient (Wildman–Crippen LogP) is -0.157. The first kappa shape index (κ1) is 19.0. The van der Waals surface area contributed by atoms with Gasteiger partial charge in [-0.05, 0) is 12.8 Å². The summed E-state index contributed by atoms with van der Waals surface area (Å²) in [5, 5.41) is 32.5. The Morgan fingerprint density at radius 3 is 1.60 bits per heavy atom. The van der Waals surface area contributed by atoms with Crippen LogP contribution in [0.1, 0.15) is 32.1 Å². The summed E-state index contributed by atoms with van der Waals surface area (Å²) >= 11 is 0. The van der Waals surface area contributed by atoms with E-state index >= 15 is 0 Å². The summed E-state index contributed by atoms with van der Waals surface area (Å²) in [4.78, 5) is 24.7. The van der Waals surface area contributed by atoms with Gasteiger partial charge in [0.25, 0.3) is 0 Å². The standard InChI is InChI=1S/C13H24N8O4/c22-20(23)16-12-8-14-10-18(12)6-4-2-1-3-5-7-19-11-15-9-13(19)17-21(24)25/h14-15H,1-11H2/b16-12-,17-13+. The number of rotatable bonds is 10. The Bertz CT molecular complexity index is 492. The van der Waals surface area contributed by atoms with Crippen LogP contribution in [-0.2, 0) is 0 Å². The smallest absolute Gasteiger partial charge is 0.194 e. The Balaban J connectivity index is 1.55. The van der Waals surface area contributed by atoms with Gasteiger partial charge in [0.1, 0.15) is 0 Å². The lowest BCUT2D eigenvalue weighted by molar-refractivity contribution is -0.485. The SMILES string of the molecule is O=[N+]([O-])/N=C1/CNCN1CCCCCCCN1CNC/C1=N\[N+](=O)[O-]. The van der Waals surface area contributed by atoms with Crippen LogP contribution in [0.4, 0.5) is 0 Å². The molecule has 0 amide bonds. The number of amidine groups is 2. The van der Waals surface area contributed by atoms with E-state index in [0.717, 1.165) is 45.2 Å². The van der Waals surface area contributed by atoms with Crippen molar-refractivity contribution >= 4 is 11.7 Å². The summed E-state index contributed by atoms with van der Waals surface area (Å²) in [6.07, 6.45) is 5.05. The molecular weight excluding hydrogens is 332 g/mol. The Hall–Kier alpha value is -2.34. The first-order valence-corrected chi connectivity index (χ1v) is 8.41. The minimum atomic E-state index is -0.654. The molecule has 2 rings (SSSR count). The predicted molar refractivity (Wildman–Crippen MR) is 91.1 cm³/mol. The Morgan fingerprint density at radius 2 is 1.20 bits per heavy atom. The van der Waals surface area contributed by atoms with Crippen LogP contribution in [-0.4, -0.2) is 71.1 Å². The third kappa shape index (κ3) is 6.58. The van der Waals surface area contributed by atoms with E-state index in [2.05, 4.69) is 20.8 Å². The lowest BCUT2D eigenvalue weighted by Gasteiger charge is -2.16. The summed E-state index contributed by atoms with van der Waals surface area (Å²) in [5.41, 5.74) is 0. The maximum absolute atomic E-state index is 10.4. The number of hydrogen-bond donors (Lipinski definition) is 2. The van der Waals surface area contributed by atoms with Crippen LogP contribution in [0.2, 0.25) is 0 Å². The number of nitro groups is 2. The van der Waals surface area contributed by atoms with Crippen LogP contribution in [0.25, 0.3) is 0 Å². The van der Waals surface area contributed by atoms with Crippen LogP contribution < -0.4 is 10.6 Å². The molecule has 0 saturated carbocycles. The van der Waals surface area contributed by atoms with E-state index in [1.54, 1.807) is 0 Å². The molecule has 0 atom stereocenters. The zero-order chi connectivity index (χ0) is 18.1. The largest absolute Gasteiger partial charge is 0.341 e. The van der Waals surface area contributed by atoms with E-state index < -0.39 is 10.1 Å². The van der Waals surface area contributed by atoms with E-state index in [4.69, 9.17) is 0 Å². The van der Waals surface area contributed by atoms with Crippen molar-refractivity contribution in [2.45, 2.75) is 32.1 Å². The van der Waals surface area contributed by atoms with E-state index in [1.807, 2.05) is 9.80 Å². The van der Waals surface area contributed by atoms with Crippen molar-refractivity contribution in [3.63, 3.8) is 0 Å². The van der Waals surface area contributed by atoms with E-state index in [-0.39, 0.29) is 0 Å². The van der Waals surface area contributed by atoms with Crippen molar-refractivity contribution in [3.05, 3.63) is 20.2 Å². The number of hydrogen-bond acceptors (Lipinski definition) is 6. The molecule has 0 aliphatic carbocycles. The highest BCUT2D eigenvalue weighted by Gasteiger charge is 2.21. The molecule has 2 saturated heterocycles. The third-order valence-corrected chi connectivity index (χ3v) is 4.15. The molecule has 2 fully saturated rings. The van der Waals surface area contributed by atoms with Crippen molar-refractivity contribution in [3.8, 4) is 0 Å². The van der Waals surface area contributed by atoms with Gasteiger partial charge >= 0.3 is 0 Å². The van der Waals surface area contributed by atoms with Crippen LogP contribution in [0.3, 0.4) is 0 Å². The first-order valence-electron chi connectivity index (χ1n) is 8.41. The lowest BCUT2D eigenvalue weighted by Crippen LogP contribution is -2.28. The van der Waals surface area contributed by atoms with Gasteiger partial charge in [0.15, 0.2) is 21.7 Å². The number of hydrazone groups is 2. The van der Waals surface area contributed by atoms with Crippen LogP contribution in [0, 0.1) is 20.2 Å². The molecule has 0 spiro atoms. The fourth-order valence-electron chi connectivity index (χ4n) is 2.95. The van der Waals surface area contributed by atoms with E-state index in [0.29, 0.717) is 38.1 Å². The average Bonchev–Trinajstić information content (AvgIpc) is 3.15. The molecule has 2 aliphatic heterocycles. The average molecular weight is 356 g/mol. The summed E-state index contributed by atoms with van der Waals surface area (Å²) in [5.74, 6) is 0.980. The first-order chi connectivity index (χ1) is 12.1. The second-order valence-electron chi connectivity index (χ2n) is 5.97. The van der Waals surface area contributed by atoms with Gasteiger partial charge in [0, 0.05) is 13.1 Å². The molecule has 25 heavy (non-hydrogen) atoms. The van der Waals surface area contributed by atoms with Gasteiger partial charge in [0.2, 0.25) is 0 Å². The molecule has 0 bridgehead atoms. The molecule has 2 N–H and O–H groups in total. The van der Waals surface area contributed by atoms with E-state index in [9.17, 15) is 20.2 Å². The van der Waals surface area contributed by atoms with Crippen molar-refractivity contribution in [1.29, 1.82) is 0 Å². The molecular formula is C13H24N8O4. The number of nitrogens with zero attached hydrogens (tertiary/aromatic N) is 6. The second-order valence-corrected chi connectivity index (χ2v) is 5.97. The molecule has 0 unspecified atom stereocenters. The second kappa shape index (κ2) is 9.84. The Labute approximate surface area is 145 Å². The number of unbranched alkanes of at least 4 members (excludes halogenated alkanes) is 4. The van der Waals surface area contributed by atoms with Crippen LogP contribution in [0.15, 0.2) is 10.2 Å². The summed E-state index contributed by atoms with van der Waals surface area (Å²) in [7, 11) is 0. The Morgan fingerprint density at radius 1 is 0.800 bits per heavy atom. The molecule has 0 radical (unpaired) electrons. The Kier molecular flexibility index (Phi) is 7.47. The van der Waals surface area contributed by atoms with E-state index in [1.165, 1.54) is 0 Å². The summed E-state index contributed by atoms with van der Waals surface area (Å²) in [6.45, 7) is 3.61.